The fraction of sp³-hybridized carbons (Fsp3) is 0.353. The maximum absolute atomic E-state index is 11.1. The molecule has 0 saturated carbocycles. The Balaban J connectivity index is 1.87. The molecule has 0 radical (unpaired) electrons. The molecule has 0 amide bonds. The standard InChI is InChI=1S/C17H19NO3/c1-21-16-7-6-12(14-4-2-3-5-15(14)16)10-18-9-8-13(11-18)17(19)20/h2-7,13H,8-11H2,1H3,(H,19,20). The van der Waals surface area contributed by atoms with E-state index in [9.17, 15) is 4.79 Å². The van der Waals surface area contributed by atoms with Crippen LogP contribution >= 0.6 is 0 Å². The van der Waals surface area contributed by atoms with E-state index >= 15 is 0 Å². The molecule has 2 aromatic rings. The zero-order valence-corrected chi connectivity index (χ0v) is 12.1. The Kier molecular flexibility index (Phi) is 3.80. The number of ether oxygens (including phenoxy) is 1. The van der Waals surface area contributed by atoms with Gasteiger partial charge in [-0.15, -0.1) is 0 Å². The van der Waals surface area contributed by atoms with Gasteiger partial charge >= 0.3 is 5.97 Å². The van der Waals surface area contributed by atoms with Crippen molar-refractivity contribution in [3.8, 4) is 5.75 Å². The van der Waals surface area contributed by atoms with Crippen LogP contribution in [-0.2, 0) is 11.3 Å². The SMILES string of the molecule is COc1ccc(CN2CCC(C(=O)O)C2)c2ccccc12. The predicted octanol–water partition coefficient (Wildman–Crippen LogP) is 2.75. The number of nitrogens with zero attached hydrogens (tertiary/aromatic N) is 1. The van der Waals surface area contributed by atoms with Crippen LogP contribution in [0.25, 0.3) is 10.8 Å². The lowest BCUT2D eigenvalue weighted by atomic mass is 10.0. The third kappa shape index (κ3) is 2.72. The van der Waals surface area contributed by atoms with E-state index in [1.54, 1.807) is 7.11 Å². The molecule has 1 saturated heterocycles. The summed E-state index contributed by atoms with van der Waals surface area (Å²) in [6.07, 6.45) is 0.740. The first-order chi connectivity index (χ1) is 10.2. The van der Waals surface area contributed by atoms with Crippen molar-refractivity contribution in [3.05, 3.63) is 42.0 Å². The van der Waals surface area contributed by atoms with E-state index in [1.165, 1.54) is 10.9 Å². The Hall–Kier alpha value is -2.07. The Morgan fingerprint density at radius 1 is 1.29 bits per heavy atom. The molecule has 0 aromatic heterocycles. The molecule has 0 bridgehead atoms. The maximum atomic E-state index is 11.1. The summed E-state index contributed by atoms with van der Waals surface area (Å²) in [7, 11) is 1.68. The zero-order valence-electron chi connectivity index (χ0n) is 12.1. The van der Waals surface area contributed by atoms with E-state index < -0.39 is 5.97 Å². The molecule has 4 heteroatoms. The van der Waals surface area contributed by atoms with Crippen molar-refractivity contribution in [1.82, 2.24) is 4.90 Å². The average molecular weight is 285 g/mol. The van der Waals surface area contributed by atoms with Crippen LogP contribution in [-0.4, -0.2) is 36.2 Å². The van der Waals surface area contributed by atoms with Gasteiger partial charge in [-0.3, -0.25) is 9.69 Å². The fourth-order valence-electron chi connectivity index (χ4n) is 3.07. The van der Waals surface area contributed by atoms with Crippen molar-refractivity contribution in [2.45, 2.75) is 13.0 Å². The largest absolute Gasteiger partial charge is 0.496 e. The summed E-state index contributed by atoms with van der Waals surface area (Å²) in [5.41, 5.74) is 1.22. The number of carboxylic acids is 1. The van der Waals surface area contributed by atoms with Gasteiger partial charge in [0.1, 0.15) is 5.75 Å². The lowest BCUT2D eigenvalue weighted by Crippen LogP contribution is -2.22. The second-order valence-corrected chi connectivity index (χ2v) is 5.53. The highest BCUT2D eigenvalue weighted by atomic mass is 16.5. The van der Waals surface area contributed by atoms with Gasteiger partial charge in [0.2, 0.25) is 0 Å². The van der Waals surface area contributed by atoms with Gasteiger partial charge in [-0.1, -0.05) is 30.3 Å². The number of hydrogen-bond donors (Lipinski definition) is 1. The summed E-state index contributed by atoms with van der Waals surface area (Å²) in [5, 5.41) is 11.4. The Morgan fingerprint density at radius 2 is 2.05 bits per heavy atom. The van der Waals surface area contributed by atoms with E-state index in [1.807, 2.05) is 18.2 Å². The van der Waals surface area contributed by atoms with Crippen molar-refractivity contribution in [2.24, 2.45) is 5.92 Å². The molecule has 4 nitrogen and oxygen atoms in total. The number of fused-ring (bicyclic) bond motifs is 1. The van der Waals surface area contributed by atoms with Crippen molar-refractivity contribution < 1.29 is 14.6 Å². The first-order valence-corrected chi connectivity index (χ1v) is 7.19. The first kappa shape index (κ1) is 13.9. The van der Waals surface area contributed by atoms with Gasteiger partial charge in [0.15, 0.2) is 0 Å². The summed E-state index contributed by atoms with van der Waals surface area (Å²) in [6, 6.07) is 12.2. The highest BCUT2D eigenvalue weighted by Gasteiger charge is 2.28. The van der Waals surface area contributed by atoms with E-state index in [0.29, 0.717) is 6.54 Å². The van der Waals surface area contributed by atoms with Crippen LogP contribution in [0.2, 0.25) is 0 Å². The fourth-order valence-corrected chi connectivity index (χ4v) is 3.07. The smallest absolute Gasteiger partial charge is 0.307 e. The van der Waals surface area contributed by atoms with Crippen LogP contribution in [0.1, 0.15) is 12.0 Å². The minimum atomic E-state index is -0.683. The molecular formula is C17H19NO3. The van der Waals surface area contributed by atoms with Crippen LogP contribution in [0.15, 0.2) is 36.4 Å². The normalized spacial score (nSPS) is 19.0. The summed E-state index contributed by atoms with van der Waals surface area (Å²) >= 11 is 0. The number of carbonyl (C=O) groups is 1. The van der Waals surface area contributed by atoms with E-state index in [0.717, 1.165) is 30.6 Å². The first-order valence-electron chi connectivity index (χ1n) is 7.19. The number of benzene rings is 2. The number of hydrogen-bond acceptors (Lipinski definition) is 3. The molecule has 1 unspecified atom stereocenters. The third-order valence-electron chi connectivity index (χ3n) is 4.21. The second kappa shape index (κ2) is 5.74. The number of carboxylic acid groups (broad SMARTS) is 1. The van der Waals surface area contributed by atoms with E-state index in [4.69, 9.17) is 9.84 Å². The highest BCUT2D eigenvalue weighted by molar-refractivity contribution is 5.91. The van der Waals surface area contributed by atoms with Gasteiger partial charge in [0.05, 0.1) is 13.0 Å². The summed E-state index contributed by atoms with van der Waals surface area (Å²) < 4.78 is 5.41. The van der Waals surface area contributed by atoms with Crippen molar-refractivity contribution in [1.29, 1.82) is 0 Å². The summed E-state index contributed by atoms with van der Waals surface area (Å²) in [5.74, 6) is -0.0363. The number of aliphatic carboxylic acids is 1. The van der Waals surface area contributed by atoms with Crippen molar-refractivity contribution >= 4 is 16.7 Å². The van der Waals surface area contributed by atoms with Gasteiger partial charge in [-0.25, -0.2) is 0 Å². The lowest BCUT2D eigenvalue weighted by Gasteiger charge is -2.17. The van der Waals surface area contributed by atoms with Gasteiger partial charge in [0.25, 0.3) is 0 Å². The van der Waals surface area contributed by atoms with Crippen LogP contribution in [0.3, 0.4) is 0 Å². The Morgan fingerprint density at radius 3 is 2.71 bits per heavy atom. The Labute approximate surface area is 123 Å². The molecule has 0 aliphatic carbocycles. The minimum absolute atomic E-state index is 0.227. The molecule has 1 N–H and O–H groups in total. The van der Waals surface area contributed by atoms with Crippen molar-refractivity contribution in [2.75, 3.05) is 20.2 Å². The molecule has 2 aromatic carbocycles. The van der Waals surface area contributed by atoms with Crippen LogP contribution in [0, 0.1) is 5.92 Å². The van der Waals surface area contributed by atoms with Gasteiger partial charge in [0, 0.05) is 18.5 Å². The van der Waals surface area contributed by atoms with Crippen LogP contribution < -0.4 is 4.74 Å². The molecular weight excluding hydrogens is 266 g/mol. The lowest BCUT2D eigenvalue weighted by molar-refractivity contribution is -0.141. The summed E-state index contributed by atoms with van der Waals surface area (Å²) in [4.78, 5) is 13.3. The third-order valence-corrected chi connectivity index (χ3v) is 4.21. The van der Waals surface area contributed by atoms with E-state index in [-0.39, 0.29) is 5.92 Å². The molecule has 3 rings (SSSR count). The monoisotopic (exact) mass is 285 g/mol. The molecule has 1 fully saturated rings. The van der Waals surface area contributed by atoms with Gasteiger partial charge in [-0.05, 0) is 30.0 Å². The topological polar surface area (TPSA) is 49.8 Å². The average Bonchev–Trinajstić information content (AvgIpc) is 2.96. The predicted molar refractivity (Wildman–Crippen MR) is 81.5 cm³/mol. The zero-order chi connectivity index (χ0) is 14.8. The van der Waals surface area contributed by atoms with Gasteiger partial charge in [-0.2, -0.15) is 0 Å². The molecule has 1 aliphatic rings. The molecule has 1 atom stereocenters. The summed E-state index contributed by atoms with van der Waals surface area (Å²) in [6.45, 7) is 2.27. The quantitative estimate of drug-likeness (QED) is 0.938. The Bertz CT molecular complexity index is 668. The van der Waals surface area contributed by atoms with Crippen LogP contribution in [0.5, 0.6) is 5.75 Å². The molecule has 1 aliphatic heterocycles. The van der Waals surface area contributed by atoms with Crippen molar-refractivity contribution in [3.63, 3.8) is 0 Å². The second-order valence-electron chi connectivity index (χ2n) is 5.53. The van der Waals surface area contributed by atoms with E-state index in [2.05, 4.69) is 23.1 Å². The number of methoxy groups -OCH3 is 1. The molecule has 1 heterocycles. The van der Waals surface area contributed by atoms with Crippen LogP contribution in [0.4, 0.5) is 0 Å². The highest BCUT2D eigenvalue weighted by Crippen LogP contribution is 2.30. The number of rotatable bonds is 4. The maximum Gasteiger partial charge on any atom is 0.307 e. The minimum Gasteiger partial charge on any atom is -0.496 e. The molecule has 110 valence electrons. The molecule has 0 spiro atoms. The van der Waals surface area contributed by atoms with Gasteiger partial charge < -0.3 is 9.84 Å². The molecule has 21 heavy (non-hydrogen) atoms. The number of likely N-dealkylation sites (tertiary alicyclic amines) is 1.